The van der Waals surface area contributed by atoms with Gasteiger partial charge in [-0.3, -0.25) is 4.79 Å². The molecule has 0 radical (unpaired) electrons. The third kappa shape index (κ3) is 7.65. The molecule has 1 aliphatic rings. The minimum atomic E-state index is -4.05. The summed E-state index contributed by atoms with van der Waals surface area (Å²) in [6, 6.07) is 2.91. The fourth-order valence-electron chi connectivity index (χ4n) is 3.10. The molecule has 3 N–H and O–H groups in total. The molecule has 174 valence electrons. The zero-order chi connectivity index (χ0) is 23.0. The summed E-state index contributed by atoms with van der Waals surface area (Å²) in [5.41, 5.74) is 0.212. The molecule has 2 amide bonds. The van der Waals surface area contributed by atoms with Gasteiger partial charge in [0, 0.05) is 25.7 Å². The molecule has 0 aromatic heterocycles. The van der Waals surface area contributed by atoms with Crippen molar-refractivity contribution in [3.8, 4) is 5.75 Å². The van der Waals surface area contributed by atoms with E-state index in [0.29, 0.717) is 38.7 Å². The largest absolute Gasteiger partial charge is 0.492 e. The molecule has 1 aliphatic heterocycles. The SMILES string of the molecule is CCOc1ccc(S(=O)(=O)NC(CC(=O)O)CN(C)C)cc1NC(=O)N1CCOCC1. The van der Waals surface area contributed by atoms with Crippen molar-refractivity contribution in [2.24, 2.45) is 0 Å². The summed E-state index contributed by atoms with van der Waals surface area (Å²) in [5, 5.41) is 11.8. The second-order valence-corrected chi connectivity index (χ2v) is 9.01. The molecule has 0 spiro atoms. The van der Waals surface area contributed by atoms with E-state index < -0.39 is 22.0 Å². The number of rotatable bonds is 10. The van der Waals surface area contributed by atoms with E-state index in [1.165, 1.54) is 18.2 Å². The van der Waals surface area contributed by atoms with Crippen LogP contribution in [0.5, 0.6) is 5.75 Å². The average Bonchev–Trinajstić information content (AvgIpc) is 2.68. The molecule has 1 fully saturated rings. The number of hydrogen-bond donors (Lipinski definition) is 3. The van der Waals surface area contributed by atoms with Crippen LogP contribution in [0, 0.1) is 0 Å². The number of carboxylic acids is 1. The number of urea groups is 1. The Kier molecular flexibility index (Phi) is 9.04. The van der Waals surface area contributed by atoms with Crippen LogP contribution in [0.4, 0.5) is 10.5 Å². The van der Waals surface area contributed by atoms with E-state index in [1.807, 2.05) is 0 Å². The quantitative estimate of drug-likeness (QED) is 0.464. The molecule has 1 aromatic carbocycles. The van der Waals surface area contributed by atoms with Gasteiger partial charge in [0.1, 0.15) is 5.75 Å². The van der Waals surface area contributed by atoms with E-state index in [-0.39, 0.29) is 29.6 Å². The highest BCUT2D eigenvalue weighted by atomic mass is 32.2. The molecule has 0 bridgehead atoms. The van der Waals surface area contributed by atoms with Gasteiger partial charge in [0.05, 0.1) is 36.8 Å². The first-order chi connectivity index (χ1) is 14.6. The van der Waals surface area contributed by atoms with Crippen LogP contribution in [-0.4, -0.2) is 94.9 Å². The van der Waals surface area contributed by atoms with Crippen LogP contribution in [-0.2, 0) is 19.6 Å². The first-order valence-corrected chi connectivity index (χ1v) is 11.4. The van der Waals surface area contributed by atoms with Gasteiger partial charge in [-0.15, -0.1) is 0 Å². The van der Waals surface area contributed by atoms with E-state index in [4.69, 9.17) is 14.6 Å². The Hall–Kier alpha value is -2.41. The number of amides is 2. The molecule has 2 rings (SSSR count). The minimum Gasteiger partial charge on any atom is -0.492 e. The number of ether oxygens (including phenoxy) is 2. The van der Waals surface area contributed by atoms with E-state index in [2.05, 4.69) is 10.0 Å². The number of morpholine rings is 1. The van der Waals surface area contributed by atoms with Crippen LogP contribution in [0.25, 0.3) is 0 Å². The number of hydrogen-bond acceptors (Lipinski definition) is 7. The van der Waals surface area contributed by atoms with Crippen molar-refractivity contribution in [1.82, 2.24) is 14.5 Å². The van der Waals surface area contributed by atoms with Gasteiger partial charge in [0.15, 0.2) is 0 Å². The number of nitrogens with zero attached hydrogens (tertiary/aromatic N) is 2. The highest BCUT2D eigenvalue weighted by molar-refractivity contribution is 7.89. The van der Waals surface area contributed by atoms with Crippen molar-refractivity contribution in [2.45, 2.75) is 24.3 Å². The van der Waals surface area contributed by atoms with Crippen LogP contribution >= 0.6 is 0 Å². The third-order valence-corrected chi connectivity index (χ3v) is 5.95. The summed E-state index contributed by atoms with van der Waals surface area (Å²) >= 11 is 0. The van der Waals surface area contributed by atoms with Crippen molar-refractivity contribution in [3.63, 3.8) is 0 Å². The van der Waals surface area contributed by atoms with Crippen LogP contribution in [0.1, 0.15) is 13.3 Å². The number of carbonyl (C=O) groups is 2. The molecule has 0 aliphatic carbocycles. The van der Waals surface area contributed by atoms with Crippen LogP contribution in [0.2, 0.25) is 0 Å². The fraction of sp³-hybridized carbons (Fsp3) is 0.579. The van der Waals surface area contributed by atoms with Crippen LogP contribution in [0.15, 0.2) is 23.1 Å². The summed E-state index contributed by atoms with van der Waals surface area (Å²) < 4.78 is 39.0. The maximum Gasteiger partial charge on any atom is 0.322 e. The van der Waals surface area contributed by atoms with Gasteiger partial charge in [-0.2, -0.15) is 0 Å². The highest BCUT2D eigenvalue weighted by Gasteiger charge is 2.25. The van der Waals surface area contributed by atoms with Gasteiger partial charge in [-0.1, -0.05) is 0 Å². The number of aliphatic carboxylic acids is 1. The first kappa shape index (κ1) is 24.9. The Balaban J connectivity index is 2.27. The lowest BCUT2D eigenvalue weighted by molar-refractivity contribution is -0.137. The molecule has 0 saturated carbocycles. The molecule has 12 heteroatoms. The number of carboxylic acid groups (broad SMARTS) is 1. The van der Waals surface area contributed by atoms with Crippen molar-refractivity contribution in [3.05, 3.63) is 18.2 Å². The summed E-state index contributed by atoms with van der Waals surface area (Å²) in [6.45, 7) is 4.03. The summed E-state index contributed by atoms with van der Waals surface area (Å²) in [6.07, 6.45) is -0.366. The molecule has 1 atom stereocenters. The topological polar surface area (TPSA) is 138 Å². The predicted octanol–water partition coefficient (Wildman–Crippen LogP) is 0.633. The normalized spacial score (nSPS) is 15.5. The van der Waals surface area contributed by atoms with Gasteiger partial charge >= 0.3 is 12.0 Å². The molecule has 11 nitrogen and oxygen atoms in total. The van der Waals surface area contributed by atoms with Crippen molar-refractivity contribution >= 4 is 27.7 Å². The molecule has 1 heterocycles. The second-order valence-electron chi connectivity index (χ2n) is 7.30. The lowest BCUT2D eigenvalue weighted by Gasteiger charge is -2.27. The number of nitrogens with one attached hydrogen (secondary N) is 2. The van der Waals surface area contributed by atoms with Gasteiger partial charge < -0.3 is 29.7 Å². The minimum absolute atomic E-state index is 0.109. The summed E-state index contributed by atoms with van der Waals surface area (Å²) in [4.78, 5) is 26.9. The fourth-order valence-corrected chi connectivity index (χ4v) is 4.35. The van der Waals surface area contributed by atoms with E-state index in [0.717, 1.165) is 0 Å². The molecule has 1 unspecified atom stereocenters. The Morgan fingerprint density at radius 3 is 2.55 bits per heavy atom. The monoisotopic (exact) mass is 458 g/mol. The zero-order valence-corrected chi connectivity index (χ0v) is 18.8. The molecular formula is C19H30N4O7S. The average molecular weight is 459 g/mol. The lowest BCUT2D eigenvalue weighted by atomic mass is 10.2. The number of anilines is 1. The third-order valence-electron chi connectivity index (χ3n) is 4.43. The molecule has 31 heavy (non-hydrogen) atoms. The molecule has 1 aromatic rings. The van der Waals surface area contributed by atoms with Crippen molar-refractivity contribution in [2.75, 3.05) is 58.9 Å². The Bertz CT molecular complexity index is 870. The second kappa shape index (κ2) is 11.3. The number of sulfonamides is 1. The first-order valence-electron chi connectivity index (χ1n) is 9.91. The Morgan fingerprint density at radius 1 is 1.29 bits per heavy atom. The van der Waals surface area contributed by atoms with Gasteiger partial charge in [0.25, 0.3) is 0 Å². The maximum atomic E-state index is 12.9. The van der Waals surface area contributed by atoms with E-state index in [1.54, 1.807) is 30.8 Å². The molecular weight excluding hydrogens is 428 g/mol. The summed E-state index contributed by atoms with van der Waals surface area (Å²) in [7, 11) is -0.603. The Labute approximate surface area is 182 Å². The van der Waals surface area contributed by atoms with Gasteiger partial charge in [-0.25, -0.2) is 17.9 Å². The van der Waals surface area contributed by atoms with Crippen molar-refractivity contribution in [1.29, 1.82) is 0 Å². The van der Waals surface area contributed by atoms with Gasteiger partial charge in [-0.05, 0) is 39.2 Å². The number of carbonyl (C=O) groups excluding carboxylic acids is 1. The summed E-state index contributed by atoms with van der Waals surface area (Å²) in [5.74, 6) is -0.779. The zero-order valence-electron chi connectivity index (χ0n) is 18.0. The van der Waals surface area contributed by atoms with Crippen LogP contribution < -0.4 is 14.8 Å². The maximum absolute atomic E-state index is 12.9. The van der Waals surface area contributed by atoms with Crippen molar-refractivity contribution < 1.29 is 32.6 Å². The van der Waals surface area contributed by atoms with Gasteiger partial charge in [0.2, 0.25) is 10.0 Å². The lowest BCUT2D eigenvalue weighted by Crippen LogP contribution is -2.43. The smallest absolute Gasteiger partial charge is 0.322 e. The highest BCUT2D eigenvalue weighted by Crippen LogP contribution is 2.28. The number of likely N-dealkylation sites (N-methyl/N-ethyl adjacent to an activating group) is 1. The predicted molar refractivity (Wildman–Crippen MR) is 114 cm³/mol. The standard InChI is InChI=1S/C19H30N4O7S/c1-4-30-17-6-5-15(12-16(17)20-19(26)23-7-9-29-10-8-23)31(27,28)21-14(11-18(24)25)13-22(2)3/h5-6,12,14,21H,4,7-11,13H2,1-3H3,(H,20,26)(H,24,25). The number of benzene rings is 1. The van der Waals surface area contributed by atoms with E-state index >= 15 is 0 Å². The van der Waals surface area contributed by atoms with E-state index in [9.17, 15) is 18.0 Å². The van der Waals surface area contributed by atoms with Crippen LogP contribution in [0.3, 0.4) is 0 Å². The Morgan fingerprint density at radius 2 is 1.97 bits per heavy atom. The molecule has 1 saturated heterocycles.